The van der Waals surface area contributed by atoms with Gasteiger partial charge in [-0.25, -0.2) is 13.4 Å². The molecule has 1 saturated heterocycles. The quantitative estimate of drug-likeness (QED) is 0.666. The molecule has 0 spiro atoms. The van der Waals surface area contributed by atoms with Gasteiger partial charge in [-0.15, -0.1) is 0 Å². The van der Waals surface area contributed by atoms with Gasteiger partial charge in [0.1, 0.15) is 0 Å². The maximum atomic E-state index is 13.4. The van der Waals surface area contributed by atoms with Gasteiger partial charge in [0.15, 0.2) is 15.0 Å². The Labute approximate surface area is 162 Å². The van der Waals surface area contributed by atoms with E-state index in [0.29, 0.717) is 11.6 Å². The van der Waals surface area contributed by atoms with Gasteiger partial charge < -0.3 is 0 Å². The topological polar surface area (TPSA) is 67.3 Å². The molecule has 3 aromatic rings. The van der Waals surface area contributed by atoms with E-state index in [1.165, 1.54) is 11.3 Å². The number of nitrogens with zero attached hydrogens (tertiary/aromatic N) is 2. The van der Waals surface area contributed by atoms with Crippen molar-refractivity contribution in [2.24, 2.45) is 5.92 Å². The highest BCUT2D eigenvalue weighted by atomic mass is 32.2. The molecule has 1 aliphatic heterocycles. The van der Waals surface area contributed by atoms with Gasteiger partial charge in [-0.3, -0.25) is 9.69 Å². The molecule has 1 fully saturated rings. The van der Waals surface area contributed by atoms with E-state index in [1.54, 1.807) is 4.90 Å². The van der Waals surface area contributed by atoms with Crippen LogP contribution in [0.1, 0.15) is 17.5 Å². The van der Waals surface area contributed by atoms with Crippen molar-refractivity contribution >= 4 is 48.1 Å². The standard InChI is InChI=1S/C20H20N2O3S2/c1-13-9-14(2)11-16(10-13)22(19(23)15-7-8-27(24,25)12-15)20-21-17-5-3-4-6-18(17)26-20/h3-6,9-11,15H,7-8,12H2,1-2H3/t15-/m1/s1. The van der Waals surface area contributed by atoms with Gasteiger partial charge in [0, 0.05) is 0 Å². The molecule has 140 valence electrons. The third-order valence-corrected chi connectivity index (χ3v) is 7.53. The number of amides is 1. The first-order valence-electron chi connectivity index (χ1n) is 8.81. The average Bonchev–Trinajstić information content (AvgIpc) is 3.16. The molecule has 1 amide bonds. The summed E-state index contributed by atoms with van der Waals surface area (Å²) >= 11 is 1.44. The van der Waals surface area contributed by atoms with E-state index in [1.807, 2.05) is 56.3 Å². The molecule has 5 nitrogen and oxygen atoms in total. The third kappa shape index (κ3) is 3.61. The normalized spacial score (nSPS) is 18.7. The van der Waals surface area contributed by atoms with Crippen LogP contribution in [0.5, 0.6) is 0 Å². The van der Waals surface area contributed by atoms with Crippen molar-refractivity contribution in [3.8, 4) is 0 Å². The fraction of sp³-hybridized carbons (Fsp3) is 0.300. The van der Waals surface area contributed by atoms with Gasteiger partial charge in [-0.05, 0) is 55.7 Å². The number of sulfone groups is 1. The van der Waals surface area contributed by atoms with Gasteiger partial charge in [0.25, 0.3) is 0 Å². The Balaban J connectivity index is 1.83. The molecule has 27 heavy (non-hydrogen) atoms. The summed E-state index contributed by atoms with van der Waals surface area (Å²) in [5, 5.41) is 0.579. The highest BCUT2D eigenvalue weighted by Gasteiger charge is 2.37. The molecule has 0 N–H and O–H groups in total. The predicted octanol–water partition coefficient (Wildman–Crippen LogP) is 4.01. The minimum Gasteiger partial charge on any atom is -0.274 e. The Hall–Kier alpha value is -2.25. The highest BCUT2D eigenvalue weighted by molar-refractivity contribution is 7.91. The van der Waals surface area contributed by atoms with Crippen LogP contribution in [-0.2, 0) is 14.6 Å². The monoisotopic (exact) mass is 400 g/mol. The second kappa shape index (κ2) is 6.73. The Morgan fingerprint density at radius 1 is 1.15 bits per heavy atom. The number of fused-ring (bicyclic) bond motifs is 1. The van der Waals surface area contributed by atoms with E-state index in [9.17, 15) is 13.2 Å². The predicted molar refractivity (Wildman–Crippen MR) is 109 cm³/mol. The summed E-state index contributed by atoms with van der Waals surface area (Å²) < 4.78 is 24.8. The Kier molecular flexibility index (Phi) is 4.52. The molecule has 7 heteroatoms. The van der Waals surface area contributed by atoms with E-state index in [0.717, 1.165) is 27.0 Å². The number of rotatable bonds is 3. The van der Waals surface area contributed by atoms with Crippen LogP contribution in [0, 0.1) is 19.8 Å². The molecule has 1 aromatic heterocycles. The average molecular weight is 401 g/mol. The molecular formula is C20H20N2O3S2. The summed E-state index contributed by atoms with van der Waals surface area (Å²) in [4.78, 5) is 19.6. The van der Waals surface area contributed by atoms with E-state index in [4.69, 9.17) is 0 Å². The first-order chi connectivity index (χ1) is 12.8. The zero-order valence-corrected chi connectivity index (χ0v) is 16.8. The third-order valence-electron chi connectivity index (χ3n) is 4.74. The minimum absolute atomic E-state index is 0.0733. The second-order valence-electron chi connectivity index (χ2n) is 7.08. The molecule has 1 atom stereocenters. The Morgan fingerprint density at radius 3 is 2.48 bits per heavy atom. The number of carbonyl (C=O) groups is 1. The molecule has 0 unspecified atom stereocenters. The molecule has 4 rings (SSSR count). The van der Waals surface area contributed by atoms with Crippen LogP contribution in [0.2, 0.25) is 0 Å². The Morgan fingerprint density at radius 2 is 1.85 bits per heavy atom. The largest absolute Gasteiger partial charge is 0.274 e. The van der Waals surface area contributed by atoms with Crippen molar-refractivity contribution in [2.45, 2.75) is 20.3 Å². The van der Waals surface area contributed by atoms with E-state index in [-0.39, 0.29) is 17.4 Å². The van der Waals surface area contributed by atoms with Crippen molar-refractivity contribution in [3.05, 3.63) is 53.6 Å². The van der Waals surface area contributed by atoms with Crippen molar-refractivity contribution in [1.82, 2.24) is 4.98 Å². The summed E-state index contributed by atoms with van der Waals surface area (Å²) in [5.41, 5.74) is 3.66. The lowest BCUT2D eigenvalue weighted by atomic mass is 10.1. The van der Waals surface area contributed by atoms with Crippen LogP contribution in [0.15, 0.2) is 42.5 Å². The maximum absolute atomic E-state index is 13.4. The van der Waals surface area contributed by atoms with Crippen LogP contribution < -0.4 is 4.90 Å². The number of thiazole rings is 1. The molecule has 2 aromatic carbocycles. The van der Waals surface area contributed by atoms with Gasteiger partial charge >= 0.3 is 0 Å². The van der Waals surface area contributed by atoms with Gasteiger partial charge in [0.05, 0.1) is 33.3 Å². The second-order valence-corrected chi connectivity index (χ2v) is 10.3. The van der Waals surface area contributed by atoms with E-state index < -0.39 is 15.8 Å². The van der Waals surface area contributed by atoms with Crippen molar-refractivity contribution < 1.29 is 13.2 Å². The number of anilines is 2. The zero-order chi connectivity index (χ0) is 19.2. The molecule has 1 aliphatic rings. The Bertz CT molecular complexity index is 1080. The minimum atomic E-state index is -3.14. The fourth-order valence-electron chi connectivity index (χ4n) is 3.54. The van der Waals surface area contributed by atoms with Crippen LogP contribution >= 0.6 is 11.3 Å². The van der Waals surface area contributed by atoms with E-state index in [2.05, 4.69) is 4.98 Å². The summed E-state index contributed by atoms with van der Waals surface area (Å²) in [6.07, 6.45) is 0.368. The molecule has 2 heterocycles. The van der Waals surface area contributed by atoms with Crippen molar-refractivity contribution in [2.75, 3.05) is 16.4 Å². The van der Waals surface area contributed by atoms with Gasteiger partial charge in [-0.2, -0.15) is 0 Å². The summed E-state index contributed by atoms with van der Waals surface area (Å²) in [7, 11) is -3.14. The van der Waals surface area contributed by atoms with Crippen LogP contribution in [-0.4, -0.2) is 30.8 Å². The van der Waals surface area contributed by atoms with Crippen molar-refractivity contribution in [3.63, 3.8) is 0 Å². The molecule has 0 bridgehead atoms. The fourth-order valence-corrected chi connectivity index (χ4v) is 6.26. The summed E-state index contributed by atoms with van der Waals surface area (Å²) in [6, 6.07) is 13.7. The number of hydrogen-bond donors (Lipinski definition) is 0. The number of benzene rings is 2. The first-order valence-corrected chi connectivity index (χ1v) is 11.4. The molecule has 0 saturated carbocycles. The lowest BCUT2D eigenvalue weighted by Gasteiger charge is -2.23. The lowest BCUT2D eigenvalue weighted by molar-refractivity contribution is -0.120. The summed E-state index contributed by atoms with van der Waals surface area (Å²) in [6.45, 7) is 3.97. The van der Waals surface area contributed by atoms with Crippen LogP contribution in [0.3, 0.4) is 0 Å². The number of aromatic nitrogens is 1. The lowest BCUT2D eigenvalue weighted by Crippen LogP contribution is -2.33. The number of hydrogen-bond acceptors (Lipinski definition) is 5. The van der Waals surface area contributed by atoms with Crippen molar-refractivity contribution in [1.29, 1.82) is 0 Å². The maximum Gasteiger partial charge on any atom is 0.237 e. The molecular weight excluding hydrogens is 380 g/mol. The van der Waals surface area contributed by atoms with Crippen LogP contribution in [0.25, 0.3) is 10.2 Å². The first kappa shape index (κ1) is 18.1. The highest BCUT2D eigenvalue weighted by Crippen LogP contribution is 2.36. The number of carbonyl (C=O) groups excluding carboxylic acids is 1. The van der Waals surface area contributed by atoms with Gasteiger partial charge in [-0.1, -0.05) is 29.5 Å². The number of para-hydroxylation sites is 1. The number of aryl methyl sites for hydroxylation is 2. The van der Waals surface area contributed by atoms with Crippen LogP contribution in [0.4, 0.5) is 10.8 Å². The molecule has 0 radical (unpaired) electrons. The SMILES string of the molecule is Cc1cc(C)cc(N(C(=O)[C@@H]2CCS(=O)(=O)C2)c2nc3ccccc3s2)c1. The molecule has 0 aliphatic carbocycles. The smallest absolute Gasteiger partial charge is 0.237 e. The summed E-state index contributed by atoms with van der Waals surface area (Å²) in [5.74, 6) is -0.731. The zero-order valence-electron chi connectivity index (χ0n) is 15.2. The van der Waals surface area contributed by atoms with Gasteiger partial charge in [0.2, 0.25) is 5.91 Å². The van der Waals surface area contributed by atoms with E-state index >= 15 is 0 Å².